The van der Waals surface area contributed by atoms with Gasteiger partial charge >= 0.3 is 12.2 Å². The van der Waals surface area contributed by atoms with Gasteiger partial charge in [0.05, 0.1) is 12.2 Å². The Morgan fingerprint density at radius 2 is 1.00 bits per heavy atom. The van der Waals surface area contributed by atoms with Gasteiger partial charge in [0.1, 0.15) is 11.2 Å². The van der Waals surface area contributed by atoms with Gasteiger partial charge in [-0.1, -0.05) is 0 Å². The third-order valence-corrected chi connectivity index (χ3v) is 3.67. The Morgan fingerprint density at radius 3 is 1.19 bits per heavy atom. The fourth-order valence-electron chi connectivity index (χ4n) is 2.36. The molecule has 2 amide bonds. The summed E-state index contributed by atoms with van der Waals surface area (Å²) in [7, 11) is 0. The number of alkyl carbamates (subject to hydrolysis) is 2. The zero-order chi connectivity index (χ0) is 20.1. The van der Waals surface area contributed by atoms with E-state index < -0.39 is 23.4 Å². The highest BCUT2D eigenvalue weighted by molar-refractivity contribution is 5.68. The molecule has 0 radical (unpaired) electrons. The van der Waals surface area contributed by atoms with Crippen molar-refractivity contribution in [3.05, 3.63) is 0 Å². The summed E-state index contributed by atoms with van der Waals surface area (Å²) in [4.78, 5) is 22.3. The zero-order valence-electron chi connectivity index (χ0n) is 16.7. The van der Waals surface area contributed by atoms with Crippen molar-refractivity contribution in [3.63, 3.8) is 0 Å². The second-order valence-electron chi connectivity index (χ2n) is 8.94. The fourth-order valence-corrected chi connectivity index (χ4v) is 2.36. The molecule has 8 heteroatoms. The van der Waals surface area contributed by atoms with Crippen molar-refractivity contribution in [2.75, 3.05) is 0 Å². The summed E-state index contributed by atoms with van der Waals surface area (Å²) in [6, 6.07) is 0.176. The minimum Gasteiger partial charge on any atom is -0.444 e. The summed E-state index contributed by atoms with van der Waals surface area (Å²) in [6.45, 7) is 10.9. The highest BCUT2D eigenvalue weighted by Gasteiger charge is 2.30. The van der Waals surface area contributed by atoms with Gasteiger partial charge < -0.3 is 30.3 Å². The molecule has 0 bridgehead atoms. The van der Waals surface area contributed by atoms with E-state index in [1.165, 1.54) is 0 Å². The predicted molar refractivity (Wildman–Crippen MR) is 96.8 cm³/mol. The van der Waals surface area contributed by atoms with Crippen molar-refractivity contribution in [3.8, 4) is 0 Å². The molecule has 0 saturated heterocycles. The number of nitrogens with one attached hydrogen (secondary N) is 2. The van der Waals surface area contributed by atoms with Gasteiger partial charge in [0.15, 0.2) is 0 Å². The van der Waals surface area contributed by atoms with Crippen molar-refractivity contribution < 1.29 is 29.3 Å². The maximum atomic E-state index is 11.2. The molecular formula is C18H34N2O6. The molecule has 0 heterocycles. The molecule has 2 saturated carbocycles. The number of hydrogen-bond acceptors (Lipinski definition) is 6. The Balaban J connectivity index is 0.000000260. The van der Waals surface area contributed by atoms with Crippen molar-refractivity contribution in [1.82, 2.24) is 10.6 Å². The van der Waals surface area contributed by atoms with E-state index in [0.29, 0.717) is 25.7 Å². The summed E-state index contributed by atoms with van der Waals surface area (Å²) >= 11 is 0. The first-order chi connectivity index (χ1) is 11.7. The molecule has 0 aromatic carbocycles. The molecule has 26 heavy (non-hydrogen) atoms. The van der Waals surface area contributed by atoms with Crippen molar-refractivity contribution in [2.45, 2.75) is 103 Å². The minimum absolute atomic E-state index is 0.0878. The molecule has 152 valence electrons. The summed E-state index contributed by atoms with van der Waals surface area (Å²) in [5.41, 5.74) is -0.904. The molecule has 0 aromatic rings. The Bertz CT molecular complexity index is 427. The van der Waals surface area contributed by atoms with E-state index in [-0.39, 0.29) is 24.3 Å². The normalized spacial score (nSPS) is 27.7. The smallest absolute Gasteiger partial charge is 0.407 e. The van der Waals surface area contributed by atoms with Crippen molar-refractivity contribution in [1.29, 1.82) is 0 Å². The highest BCUT2D eigenvalue weighted by Crippen LogP contribution is 2.20. The quantitative estimate of drug-likeness (QED) is 0.588. The van der Waals surface area contributed by atoms with Gasteiger partial charge in [-0.25, -0.2) is 9.59 Å². The number of hydrogen-bond donors (Lipinski definition) is 4. The summed E-state index contributed by atoms with van der Waals surface area (Å²) in [5.74, 6) is 0. The molecular weight excluding hydrogens is 340 g/mol. The Kier molecular flexibility index (Phi) is 7.70. The second kappa shape index (κ2) is 8.90. The lowest BCUT2D eigenvalue weighted by atomic mass is 9.90. The van der Waals surface area contributed by atoms with E-state index in [1.54, 1.807) is 0 Å². The topological polar surface area (TPSA) is 117 Å². The average Bonchev–Trinajstić information content (AvgIpc) is 2.31. The van der Waals surface area contributed by atoms with Gasteiger partial charge in [0.25, 0.3) is 0 Å². The van der Waals surface area contributed by atoms with Crippen LogP contribution in [0.15, 0.2) is 0 Å². The minimum atomic E-state index is -0.452. The molecule has 0 unspecified atom stereocenters. The molecule has 0 aromatic heterocycles. The van der Waals surface area contributed by atoms with Gasteiger partial charge in [0, 0.05) is 12.1 Å². The summed E-state index contributed by atoms with van der Waals surface area (Å²) < 4.78 is 10.1. The largest absolute Gasteiger partial charge is 0.444 e. The Morgan fingerprint density at radius 1 is 0.731 bits per heavy atom. The average molecular weight is 374 g/mol. The van der Waals surface area contributed by atoms with Crippen LogP contribution >= 0.6 is 0 Å². The van der Waals surface area contributed by atoms with Crippen LogP contribution in [0.4, 0.5) is 9.59 Å². The van der Waals surface area contributed by atoms with Crippen LogP contribution < -0.4 is 10.6 Å². The molecule has 2 rings (SSSR count). The summed E-state index contributed by atoms with van der Waals surface area (Å²) in [5, 5.41) is 23.3. The predicted octanol–water partition coefficient (Wildman–Crippen LogP) is 2.07. The first-order valence-electron chi connectivity index (χ1n) is 9.08. The van der Waals surface area contributed by atoms with Crippen LogP contribution in [0.25, 0.3) is 0 Å². The SMILES string of the molecule is CC(C)(C)OC(=O)NC1CC(O)C1.CC(C)(C)OC(=O)NC1CC(O)C1. The first kappa shape index (κ1) is 22.5. The molecule has 4 N–H and O–H groups in total. The van der Waals surface area contributed by atoms with Gasteiger partial charge in [0.2, 0.25) is 0 Å². The third-order valence-electron chi connectivity index (χ3n) is 3.67. The summed E-state index contributed by atoms with van der Waals surface area (Å²) in [6.07, 6.45) is 1.26. The molecule has 0 spiro atoms. The lowest BCUT2D eigenvalue weighted by molar-refractivity contribution is 0.0289. The van der Waals surface area contributed by atoms with Crippen LogP contribution in [0, 0.1) is 0 Å². The molecule has 2 aliphatic carbocycles. The lowest BCUT2D eigenvalue weighted by Crippen LogP contribution is -2.48. The van der Waals surface area contributed by atoms with E-state index in [1.807, 2.05) is 41.5 Å². The van der Waals surface area contributed by atoms with Crippen LogP contribution in [0.3, 0.4) is 0 Å². The van der Waals surface area contributed by atoms with Crippen LogP contribution in [-0.2, 0) is 9.47 Å². The van der Waals surface area contributed by atoms with Crippen LogP contribution in [-0.4, -0.2) is 57.9 Å². The van der Waals surface area contributed by atoms with Crippen LogP contribution in [0.1, 0.15) is 67.2 Å². The van der Waals surface area contributed by atoms with E-state index in [4.69, 9.17) is 19.7 Å². The van der Waals surface area contributed by atoms with Crippen LogP contribution in [0.2, 0.25) is 0 Å². The molecule has 0 aliphatic heterocycles. The molecule has 8 nitrogen and oxygen atoms in total. The number of aliphatic hydroxyl groups excluding tert-OH is 2. The number of carbonyl (C=O) groups is 2. The molecule has 2 fully saturated rings. The van der Waals surface area contributed by atoms with Crippen molar-refractivity contribution in [2.24, 2.45) is 0 Å². The van der Waals surface area contributed by atoms with Gasteiger partial charge in [-0.05, 0) is 67.2 Å². The van der Waals surface area contributed by atoms with Gasteiger partial charge in [-0.2, -0.15) is 0 Å². The number of amides is 2. The monoisotopic (exact) mass is 374 g/mol. The fraction of sp³-hybridized carbons (Fsp3) is 0.889. The molecule has 0 atom stereocenters. The second-order valence-corrected chi connectivity index (χ2v) is 8.94. The Labute approximate surface area is 155 Å². The number of carbonyl (C=O) groups excluding carboxylic acids is 2. The standard InChI is InChI=1S/2C9H17NO3/c2*1-9(2,3)13-8(12)10-6-4-7(11)5-6/h2*6-7,11H,4-5H2,1-3H3,(H,10,12). The van der Waals surface area contributed by atoms with Crippen molar-refractivity contribution >= 4 is 12.2 Å². The van der Waals surface area contributed by atoms with Crippen LogP contribution in [0.5, 0.6) is 0 Å². The third kappa shape index (κ3) is 9.82. The van der Waals surface area contributed by atoms with E-state index in [2.05, 4.69) is 10.6 Å². The number of aliphatic hydroxyl groups is 2. The number of ether oxygens (including phenoxy) is 2. The number of rotatable bonds is 2. The lowest BCUT2D eigenvalue weighted by Gasteiger charge is -2.32. The van der Waals surface area contributed by atoms with E-state index >= 15 is 0 Å². The maximum absolute atomic E-state index is 11.2. The van der Waals surface area contributed by atoms with E-state index in [0.717, 1.165) is 0 Å². The first-order valence-corrected chi connectivity index (χ1v) is 9.08. The maximum Gasteiger partial charge on any atom is 0.407 e. The zero-order valence-corrected chi connectivity index (χ0v) is 16.7. The Hall–Kier alpha value is -1.54. The molecule has 2 aliphatic rings. The van der Waals surface area contributed by atoms with Gasteiger partial charge in [-0.3, -0.25) is 0 Å². The van der Waals surface area contributed by atoms with E-state index in [9.17, 15) is 9.59 Å². The van der Waals surface area contributed by atoms with Gasteiger partial charge in [-0.15, -0.1) is 0 Å². The highest BCUT2D eigenvalue weighted by atomic mass is 16.6.